The molecule has 1 aromatic carbocycles. The molecule has 0 aliphatic carbocycles. The zero-order chi connectivity index (χ0) is 13.1. The Bertz CT molecular complexity index is 457. The number of hydrogen-bond donors (Lipinski definition) is 0. The Morgan fingerprint density at radius 3 is 2.53 bits per heavy atom. The molecule has 0 aromatic heterocycles. The Hall–Kier alpha value is -1.61. The summed E-state index contributed by atoms with van der Waals surface area (Å²) in [7, 11) is 0. The van der Waals surface area contributed by atoms with E-state index in [-0.39, 0.29) is 5.91 Å². The van der Waals surface area contributed by atoms with Crippen molar-refractivity contribution in [3.8, 4) is 0 Å². The van der Waals surface area contributed by atoms with Gasteiger partial charge in [0.1, 0.15) is 0 Å². The summed E-state index contributed by atoms with van der Waals surface area (Å²) in [6.07, 6.45) is 6.21. The van der Waals surface area contributed by atoms with Crippen molar-refractivity contribution in [3.05, 3.63) is 42.0 Å². The van der Waals surface area contributed by atoms with E-state index in [1.807, 2.05) is 41.3 Å². The highest BCUT2D eigenvalue weighted by molar-refractivity contribution is 5.91. The number of carbonyl (C=O) groups excluding carboxylic acids is 1. The Morgan fingerprint density at radius 1 is 1.21 bits per heavy atom. The van der Waals surface area contributed by atoms with Crippen LogP contribution in [0.2, 0.25) is 0 Å². The maximum atomic E-state index is 12.1. The van der Waals surface area contributed by atoms with E-state index in [9.17, 15) is 4.79 Å². The summed E-state index contributed by atoms with van der Waals surface area (Å²) in [5, 5.41) is 0. The predicted molar refractivity (Wildman–Crippen MR) is 74.5 cm³/mol. The SMILES string of the molecule is O=C(/C=C/c1ccccc1)N1CCC([C@@H]2CO2)CC1. The Labute approximate surface area is 113 Å². The molecule has 1 aromatic rings. The number of ether oxygens (including phenoxy) is 1. The maximum absolute atomic E-state index is 12.1. The Morgan fingerprint density at radius 2 is 1.89 bits per heavy atom. The fourth-order valence-electron chi connectivity index (χ4n) is 2.66. The molecular formula is C16H19NO2. The third kappa shape index (κ3) is 3.24. The maximum Gasteiger partial charge on any atom is 0.246 e. The molecular weight excluding hydrogens is 238 g/mol. The average Bonchev–Trinajstić information content (AvgIpc) is 3.31. The molecule has 3 nitrogen and oxygen atoms in total. The lowest BCUT2D eigenvalue weighted by Gasteiger charge is -2.30. The number of rotatable bonds is 3. The summed E-state index contributed by atoms with van der Waals surface area (Å²) in [5.41, 5.74) is 1.07. The Kier molecular flexibility index (Phi) is 3.65. The van der Waals surface area contributed by atoms with Gasteiger partial charge in [0.05, 0.1) is 12.7 Å². The molecule has 1 amide bonds. The van der Waals surface area contributed by atoms with Crippen molar-refractivity contribution in [1.29, 1.82) is 0 Å². The van der Waals surface area contributed by atoms with E-state index >= 15 is 0 Å². The number of epoxide rings is 1. The van der Waals surface area contributed by atoms with Crippen LogP contribution in [0.5, 0.6) is 0 Å². The van der Waals surface area contributed by atoms with E-state index in [0.717, 1.165) is 38.1 Å². The lowest BCUT2D eigenvalue weighted by atomic mass is 9.94. The summed E-state index contributed by atoms with van der Waals surface area (Å²) < 4.78 is 5.33. The summed E-state index contributed by atoms with van der Waals surface area (Å²) in [4.78, 5) is 14.0. The van der Waals surface area contributed by atoms with Crippen LogP contribution >= 0.6 is 0 Å². The Balaban J connectivity index is 1.52. The minimum Gasteiger partial charge on any atom is -0.373 e. The first-order chi connectivity index (χ1) is 9.33. The van der Waals surface area contributed by atoms with Gasteiger partial charge < -0.3 is 9.64 Å². The predicted octanol–water partition coefficient (Wildman–Crippen LogP) is 2.34. The topological polar surface area (TPSA) is 32.8 Å². The number of carbonyl (C=O) groups is 1. The molecule has 2 aliphatic heterocycles. The van der Waals surface area contributed by atoms with Crippen LogP contribution in [0.4, 0.5) is 0 Å². The fourth-order valence-corrected chi connectivity index (χ4v) is 2.66. The van der Waals surface area contributed by atoms with Gasteiger partial charge in [-0.3, -0.25) is 4.79 Å². The molecule has 0 unspecified atom stereocenters. The lowest BCUT2D eigenvalue weighted by Crippen LogP contribution is -2.38. The number of piperidine rings is 1. The second-order valence-corrected chi connectivity index (χ2v) is 5.28. The highest BCUT2D eigenvalue weighted by atomic mass is 16.6. The van der Waals surface area contributed by atoms with Gasteiger partial charge in [-0.15, -0.1) is 0 Å². The second-order valence-electron chi connectivity index (χ2n) is 5.28. The van der Waals surface area contributed by atoms with Gasteiger partial charge in [-0.2, -0.15) is 0 Å². The number of likely N-dealkylation sites (tertiary alicyclic amines) is 1. The first-order valence-corrected chi connectivity index (χ1v) is 6.96. The first kappa shape index (κ1) is 12.4. The van der Waals surface area contributed by atoms with Crippen LogP contribution in [-0.4, -0.2) is 36.6 Å². The van der Waals surface area contributed by atoms with Crippen LogP contribution in [0.3, 0.4) is 0 Å². The summed E-state index contributed by atoms with van der Waals surface area (Å²) in [6, 6.07) is 9.93. The smallest absolute Gasteiger partial charge is 0.246 e. The van der Waals surface area contributed by atoms with Gasteiger partial charge in [0, 0.05) is 19.2 Å². The van der Waals surface area contributed by atoms with Gasteiger partial charge in [-0.05, 0) is 30.4 Å². The third-order valence-corrected chi connectivity index (χ3v) is 3.95. The number of amides is 1. The first-order valence-electron chi connectivity index (χ1n) is 6.96. The molecule has 2 heterocycles. The summed E-state index contributed by atoms with van der Waals surface area (Å²) in [6.45, 7) is 2.65. The van der Waals surface area contributed by atoms with Crippen LogP contribution in [0.1, 0.15) is 18.4 Å². The van der Waals surface area contributed by atoms with E-state index in [4.69, 9.17) is 4.74 Å². The molecule has 3 rings (SSSR count). The van der Waals surface area contributed by atoms with E-state index in [1.54, 1.807) is 6.08 Å². The highest BCUT2D eigenvalue weighted by Gasteiger charge is 2.35. The van der Waals surface area contributed by atoms with Crippen LogP contribution < -0.4 is 0 Å². The van der Waals surface area contributed by atoms with E-state index in [0.29, 0.717) is 12.0 Å². The van der Waals surface area contributed by atoms with Crippen molar-refractivity contribution < 1.29 is 9.53 Å². The van der Waals surface area contributed by atoms with Gasteiger partial charge in [-0.1, -0.05) is 30.3 Å². The largest absolute Gasteiger partial charge is 0.373 e. The summed E-state index contributed by atoms with van der Waals surface area (Å²) >= 11 is 0. The zero-order valence-electron chi connectivity index (χ0n) is 11.0. The van der Waals surface area contributed by atoms with Crippen LogP contribution in [0.15, 0.2) is 36.4 Å². The number of benzene rings is 1. The van der Waals surface area contributed by atoms with Crippen molar-refractivity contribution in [3.63, 3.8) is 0 Å². The van der Waals surface area contributed by atoms with Crippen LogP contribution in [-0.2, 0) is 9.53 Å². The lowest BCUT2D eigenvalue weighted by molar-refractivity contribution is -0.127. The minimum atomic E-state index is 0.124. The van der Waals surface area contributed by atoms with Crippen LogP contribution in [0.25, 0.3) is 6.08 Å². The molecule has 1 atom stereocenters. The van der Waals surface area contributed by atoms with Crippen molar-refractivity contribution in [2.45, 2.75) is 18.9 Å². The van der Waals surface area contributed by atoms with Crippen molar-refractivity contribution in [1.82, 2.24) is 4.90 Å². The second kappa shape index (κ2) is 5.57. The van der Waals surface area contributed by atoms with Gasteiger partial charge in [0.15, 0.2) is 0 Å². The molecule has 2 saturated heterocycles. The molecule has 0 saturated carbocycles. The van der Waals surface area contributed by atoms with Gasteiger partial charge in [0.2, 0.25) is 5.91 Å². The standard InChI is InChI=1S/C16H19NO2/c18-16(7-6-13-4-2-1-3-5-13)17-10-8-14(9-11-17)15-12-19-15/h1-7,14-15H,8-12H2/b7-6+/t15-/m0/s1. The summed E-state index contributed by atoms with van der Waals surface area (Å²) in [5.74, 6) is 0.793. The molecule has 0 bridgehead atoms. The molecule has 2 fully saturated rings. The van der Waals surface area contributed by atoms with Crippen molar-refractivity contribution in [2.75, 3.05) is 19.7 Å². The van der Waals surface area contributed by atoms with Gasteiger partial charge >= 0.3 is 0 Å². The van der Waals surface area contributed by atoms with Gasteiger partial charge in [0.25, 0.3) is 0 Å². The number of hydrogen-bond acceptors (Lipinski definition) is 2. The molecule has 3 heteroatoms. The van der Waals surface area contributed by atoms with Crippen LogP contribution in [0, 0.1) is 5.92 Å². The quantitative estimate of drug-likeness (QED) is 0.615. The monoisotopic (exact) mass is 257 g/mol. The molecule has 100 valence electrons. The van der Waals surface area contributed by atoms with Gasteiger partial charge in [-0.25, -0.2) is 0 Å². The van der Waals surface area contributed by atoms with Crippen molar-refractivity contribution >= 4 is 12.0 Å². The van der Waals surface area contributed by atoms with E-state index in [2.05, 4.69) is 0 Å². The average molecular weight is 257 g/mol. The molecule has 0 spiro atoms. The fraction of sp³-hybridized carbons (Fsp3) is 0.438. The van der Waals surface area contributed by atoms with E-state index < -0.39 is 0 Å². The molecule has 2 aliphatic rings. The third-order valence-electron chi connectivity index (χ3n) is 3.95. The normalized spacial score (nSPS) is 23.8. The highest BCUT2D eigenvalue weighted by Crippen LogP contribution is 2.29. The number of nitrogens with zero attached hydrogens (tertiary/aromatic N) is 1. The van der Waals surface area contributed by atoms with Crippen molar-refractivity contribution in [2.24, 2.45) is 5.92 Å². The van der Waals surface area contributed by atoms with E-state index in [1.165, 1.54) is 0 Å². The minimum absolute atomic E-state index is 0.124. The molecule has 0 N–H and O–H groups in total. The molecule has 0 radical (unpaired) electrons. The molecule has 19 heavy (non-hydrogen) atoms. The zero-order valence-corrected chi connectivity index (χ0v) is 11.0.